The number of benzene rings is 1. The highest BCUT2D eigenvalue weighted by molar-refractivity contribution is 5.92. The van der Waals surface area contributed by atoms with Gasteiger partial charge in [0.05, 0.1) is 13.0 Å². The third-order valence-corrected chi connectivity index (χ3v) is 3.99. The van der Waals surface area contributed by atoms with Crippen LogP contribution in [0.1, 0.15) is 45.7 Å². The highest BCUT2D eigenvalue weighted by Gasteiger charge is 2.19. The van der Waals surface area contributed by atoms with Crippen molar-refractivity contribution in [3.05, 3.63) is 41.5 Å². The fourth-order valence-electron chi connectivity index (χ4n) is 2.35. The summed E-state index contributed by atoms with van der Waals surface area (Å²) in [6.45, 7) is 11.1. The zero-order valence-electron chi connectivity index (χ0n) is 15.6. The molecular weight excluding hydrogens is 302 g/mol. The summed E-state index contributed by atoms with van der Waals surface area (Å²) in [5.74, 6) is -0.741. The summed E-state index contributed by atoms with van der Waals surface area (Å²) in [5, 5.41) is 0. The number of carbonyl (C=O) groups excluding carboxylic acids is 2. The van der Waals surface area contributed by atoms with E-state index in [-0.39, 0.29) is 23.2 Å². The summed E-state index contributed by atoms with van der Waals surface area (Å²) >= 11 is 0. The number of ether oxygens (including phenoxy) is 1. The van der Waals surface area contributed by atoms with Crippen LogP contribution in [0, 0.1) is 5.92 Å². The maximum atomic E-state index is 12.3. The molecule has 0 aromatic heterocycles. The lowest BCUT2D eigenvalue weighted by molar-refractivity contribution is -0.146. The fourth-order valence-corrected chi connectivity index (χ4v) is 2.35. The average Bonchev–Trinajstić information content (AvgIpc) is 2.56. The molecule has 0 aliphatic rings. The summed E-state index contributed by atoms with van der Waals surface area (Å²) < 4.78 is 4.71. The molecular formula is C20H29NO3. The highest BCUT2D eigenvalue weighted by atomic mass is 16.5. The van der Waals surface area contributed by atoms with Crippen LogP contribution < -0.4 is 0 Å². The number of hydrogen-bond donors (Lipinski definition) is 0. The lowest BCUT2D eigenvalue weighted by Gasteiger charge is -2.22. The fraction of sp³-hybridized carbons (Fsp3) is 0.500. The van der Waals surface area contributed by atoms with Gasteiger partial charge in [-0.25, -0.2) is 0 Å². The Kier molecular flexibility index (Phi) is 7.20. The smallest absolute Gasteiger partial charge is 0.310 e. The van der Waals surface area contributed by atoms with E-state index in [1.807, 2.05) is 19.1 Å². The minimum Gasteiger partial charge on any atom is -0.469 e. The topological polar surface area (TPSA) is 46.6 Å². The molecule has 1 unspecified atom stereocenters. The van der Waals surface area contributed by atoms with Crippen molar-refractivity contribution in [2.24, 2.45) is 5.92 Å². The lowest BCUT2D eigenvalue weighted by atomic mass is 9.87. The van der Waals surface area contributed by atoms with Crippen molar-refractivity contribution in [3.63, 3.8) is 0 Å². The van der Waals surface area contributed by atoms with E-state index >= 15 is 0 Å². The number of methoxy groups -OCH3 is 1. The van der Waals surface area contributed by atoms with Crippen LogP contribution >= 0.6 is 0 Å². The molecule has 1 aromatic carbocycles. The van der Waals surface area contributed by atoms with Crippen molar-refractivity contribution < 1.29 is 14.3 Å². The maximum Gasteiger partial charge on any atom is 0.310 e. The van der Waals surface area contributed by atoms with Gasteiger partial charge < -0.3 is 9.64 Å². The number of rotatable bonds is 6. The first-order valence-electron chi connectivity index (χ1n) is 8.34. The molecule has 1 aromatic rings. The Balaban J connectivity index is 2.74. The van der Waals surface area contributed by atoms with Gasteiger partial charge in [0.1, 0.15) is 0 Å². The number of hydrogen-bond acceptors (Lipinski definition) is 3. The van der Waals surface area contributed by atoms with Crippen molar-refractivity contribution in [3.8, 4) is 0 Å². The Bertz CT molecular complexity index is 582. The summed E-state index contributed by atoms with van der Waals surface area (Å²) in [5.41, 5.74) is 2.35. The quantitative estimate of drug-likeness (QED) is 0.590. The molecule has 1 amide bonds. The minimum atomic E-state index is -0.335. The molecule has 1 rings (SSSR count). The van der Waals surface area contributed by atoms with Gasteiger partial charge >= 0.3 is 5.97 Å². The average molecular weight is 331 g/mol. The van der Waals surface area contributed by atoms with E-state index in [0.717, 1.165) is 5.56 Å². The summed E-state index contributed by atoms with van der Waals surface area (Å²) in [6, 6.07) is 8.19. The first-order chi connectivity index (χ1) is 11.2. The standard InChI is InChI=1S/C20H29NO3/c1-7-21(14-15(2)19(23)24-6)18(22)13-10-16-8-11-17(12-9-16)20(3,4)5/h8-13,15H,7,14H2,1-6H3/b13-10+. The van der Waals surface area contributed by atoms with Crippen molar-refractivity contribution in [2.45, 2.75) is 40.0 Å². The zero-order chi connectivity index (χ0) is 18.3. The number of amides is 1. The molecule has 4 nitrogen and oxygen atoms in total. The van der Waals surface area contributed by atoms with Crippen LogP contribution in [0.5, 0.6) is 0 Å². The molecule has 0 aliphatic carbocycles. The third-order valence-electron chi connectivity index (χ3n) is 3.99. The molecule has 1 atom stereocenters. The molecule has 0 saturated carbocycles. The Morgan fingerprint density at radius 1 is 1.21 bits per heavy atom. The van der Waals surface area contributed by atoms with Crippen LogP contribution in [-0.2, 0) is 19.7 Å². The van der Waals surface area contributed by atoms with E-state index in [2.05, 4.69) is 32.9 Å². The van der Waals surface area contributed by atoms with Crippen molar-refractivity contribution in [1.82, 2.24) is 4.90 Å². The van der Waals surface area contributed by atoms with E-state index in [4.69, 9.17) is 4.74 Å². The van der Waals surface area contributed by atoms with Crippen LogP contribution in [0.25, 0.3) is 6.08 Å². The van der Waals surface area contributed by atoms with Gasteiger partial charge in [-0.3, -0.25) is 9.59 Å². The van der Waals surface area contributed by atoms with Gasteiger partial charge in [0, 0.05) is 19.2 Å². The molecule has 0 bridgehead atoms. The van der Waals surface area contributed by atoms with E-state index in [1.165, 1.54) is 12.7 Å². The van der Waals surface area contributed by atoms with Crippen LogP contribution in [0.2, 0.25) is 0 Å². The highest BCUT2D eigenvalue weighted by Crippen LogP contribution is 2.22. The van der Waals surface area contributed by atoms with Gasteiger partial charge in [0.25, 0.3) is 0 Å². The predicted molar refractivity (Wildman–Crippen MR) is 97.6 cm³/mol. The first kappa shape index (κ1) is 19.9. The van der Waals surface area contributed by atoms with E-state index in [0.29, 0.717) is 13.1 Å². The second-order valence-electron chi connectivity index (χ2n) is 7.01. The van der Waals surface area contributed by atoms with Gasteiger partial charge in [-0.1, -0.05) is 52.0 Å². The third kappa shape index (κ3) is 5.84. The predicted octanol–water partition coefficient (Wildman–Crippen LogP) is 3.65. The van der Waals surface area contributed by atoms with Crippen LogP contribution in [0.3, 0.4) is 0 Å². The van der Waals surface area contributed by atoms with E-state index in [1.54, 1.807) is 24.0 Å². The Morgan fingerprint density at radius 2 is 1.79 bits per heavy atom. The number of esters is 1. The molecule has 0 N–H and O–H groups in total. The molecule has 0 fully saturated rings. The normalized spacial score (nSPS) is 12.9. The number of likely N-dealkylation sites (N-methyl/N-ethyl adjacent to an activating group) is 1. The molecule has 0 heterocycles. The first-order valence-corrected chi connectivity index (χ1v) is 8.34. The molecule has 132 valence electrons. The molecule has 0 aliphatic heterocycles. The minimum absolute atomic E-state index is 0.104. The largest absolute Gasteiger partial charge is 0.469 e. The molecule has 24 heavy (non-hydrogen) atoms. The van der Waals surface area contributed by atoms with Crippen molar-refractivity contribution in [2.75, 3.05) is 20.2 Å². The lowest BCUT2D eigenvalue weighted by Crippen LogP contribution is -2.36. The van der Waals surface area contributed by atoms with Gasteiger partial charge in [-0.05, 0) is 29.5 Å². The number of nitrogens with zero attached hydrogens (tertiary/aromatic N) is 1. The SMILES string of the molecule is CCN(CC(C)C(=O)OC)C(=O)/C=C/c1ccc(C(C)(C)C)cc1. The van der Waals surface area contributed by atoms with E-state index in [9.17, 15) is 9.59 Å². The van der Waals surface area contributed by atoms with Crippen molar-refractivity contribution >= 4 is 18.0 Å². The Hall–Kier alpha value is -2.10. The molecule has 0 spiro atoms. The molecule has 0 radical (unpaired) electrons. The zero-order valence-corrected chi connectivity index (χ0v) is 15.6. The molecule has 0 saturated heterocycles. The number of carbonyl (C=O) groups is 2. The van der Waals surface area contributed by atoms with Crippen LogP contribution in [-0.4, -0.2) is 37.0 Å². The van der Waals surface area contributed by atoms with Crippen LogP contribution in [0.15, 0.2) is 30.3 Å². The summed E-state index contributed by atoms with van der Waals surface area (Å²) in [4.78, 5) is 25.4. The van der Waals surface area contributed by atoms with Gasteiger partial charge in [0.15, 0.2) is 0 Å². The Morgan fingerprint density at radius 3 is 2.25 bits per heavy atom. The molecule has 4 heteroatoms. The summed E-state index contributed by atoms with van der Waals surface area (Å²) in [6.07, 6.45) is 3.36. The van der Waals surface area contributed by atoms with Crippen LogP contribution in [0.4, 0.5) is 0 Å². The van der Waals surface area contributed by atoms with Gasteiger partial charge in [0.2, 0.25) is 5.91 Å². The second-order valence-corrected chi connectivity index (χ2v) is 7.01. The van der Waals surface area contributed by atoms with Gasteiger partial charge in [-0.15, -0.1) is 0 Å². The maximum absolute atomic E-state index is 12.3. The monoisotopic (exact) mass is 331 g/mol. The van der Waals surface area contributed by atoms with Crippen molar-refractivity contribution in [1.29, 1.82) is 0 Å². The Labute approximate surface area is 145 Å². The summed E-state index contributed by atoms with van der Waals surface area (Å²) in [7, 11) is 1.36. The van der Waals surface area contributed by atoms with Gasteiger partial charge in [-0.2, -0.15) is 0 Å². The second kappa shape index (κ2) is 8.67. The van der Waals surface area contributed by atoms with E-state index < -0.39 is 0 Å².